The van der Waals surface area contributed by atoms with Crippen molar-refractivity contribution in [3.63, 3.8) is 0 Å². The van der Waals surface area contributed by atoms with Gasteiger partial charge in [-0.25, -0.2) is 0 Å². The van der Waals surface area contributed by atoms with E-state index in [2.05, 4.69) is 50.4 Å². The van der Waals surface area contributed by atoms with E-state index in [1.165, 1.54) is 5.56 Å². The number of nitrogens with zero attached hydrogens (tertiary/aromatic N) is 1. The van der Waals surface area contributed by atoms with Crippen molar-refractivity contribution >= 4 is 21.8 Å². The Morgan fingerprint density at radius 2 is 2.00 bits per heavy atom. The summed E-state index contributed by atoms with van der Waals surface area (Å²) in [6.07, 6.45) is 3.71. The molecule has 1 aliphatic heterocycles. The standard InChI is InChI=1S/C17H26BrN3O/c1-2-3-16(19)17(22)20-15-8-10-21(11-9-15)12-13-4-6-14(18)7-5-13/h4-7,15-16H,2-3,8-12,19H2,1H3,(H,20,22). The molecule has 0 aliphatic carbocycles. The summed E-state index contributed by atoms with van der Waals surface area (Å²) in [6, 6.07) is 8.39. The zero-order valence-corrected chi connectivity index (χ0v) is 14.8. The van der Waals surface area contributed by atoms with Crippen molar-refractivity contribution in [3.8, 4) is 0 Å². The molecule has 0 radical (unpaired) electrons. The van der Waals surface area contributed by atoms with Crippen molar-refractivity contribution in [2.45, 2.75) is 51.2 Å². The Labute approximate surface area is 141 Å². The van der Waals surface area contributed by atoms with Crippen LogP contribution in [0.1, 0.15) is 38.2 Å². The first-order valence-corrected chi connectivity index (χ1v) is 8.90. The predicted octanol–water partition coefficient (Wildman–Crippen LogP) is 2.66. The average Bonchev–Trinajstić information content (AvgIpc) is 2.51. The van der Waals surface area contributed by atoms with Gasteiger partial charge in [-0.2, -0.15) is 0 Å². The molecular weight excluding hydrogens is 342 g/mol. The van der Waals surface area contributed by atoms with Crippen LogP contribution in [0.15, 0.2) is 28.7 Å². The van der Waals surface area contributed by atoms with Crippen LogP contribution in [-0.2, 0) is 11.3 Å². The van der Waals surface area contributed by atoms with Gasteiger partial charge in [0.05, 0.1) is 6.04 Å². The maximum absolute atomic E-state index is 12.0. The third kappa shape index (κ3) is 5.38. The van der Waals surface area contributed by atoms with Gasteiger partial charge in [-0.3, -0.25) is 9.69 Å². The van der Waals surface area contributed by atoms with E-state index >= 15 is 0 Å². The molecule has 0 saturated carbocycles. The SMILES string of the molecule is CCCC(N)C(=O)NC1CCN(Cc2ccc(Br)cc2)CC1. The highest BCUT2D eigenvalue weighted by molar-refractivity contribution is 9.10. The van der Waals surface area contributed by atoms with Gasteiger partial charge in [-0.05, 0) is 37.0 Å². The molecule has 1 amide bonds. The van der Waals surface area contributed by atoms with Crippen molar-refractivity contribution in [3.05, 3.63) is 34.3 Å². The van der Waals surface area contributed by atoms with Gasteiger partial charge in [0.25, 0.3) is 0 Å². The van der Waals surface area contributed by atoms with E-state index in [4.69, 9.17) is 5.73 Å². The summed E-state index contributed by atoms with van der Waals surface area (Å²) in [4.78, 5) is 14.4. The summed E-state index contributed by atoms with van der Waals surface area (Å²) in [5.74, 6) is 0.00760. The van der Waals surface area contributed by atoms with Crippen LogP contribution >= 0.6 is 15.9 Å². The van der Waals surface area contributed by atoms with Crippen LogP contribution < -0.4 is 11.1 Å². The summed E-state index contributed by atoms with van der Waals surface area (Å²) in [5, 5.41) is 3.10. The lowest BCUT2D eigenvalue weighted by molar-refractivity contribution is -0.123. The first-order chi connectivity index (χ1) is 10.6. The van der Waals surface area contributed by atoms with Gasteiger partial charge in [-0.15, -0.1) is 0 Å². The molecule has 2 rings (SSSR count). The second-order valence-electron chi connectivity index (χ2n) is 6.08. The van der Waals surface area contributed by atoms with Gasteiger partial charge in [0.1, 0.15) is 0 Å². The minimum atomic E-state index is -0.356. The summed E-state index contributed by atoms with van der Waals surface area (Å²) >= 11 is 3.46. The summed E-state index contributed by atoms with van der Waals surface area (Å²) in [6.45, 7) is 5.06. The van der Waals surface area contributed by atoms with Crippen LogP contribution in [0.3, 0.4) is 0 Å². The molecule has 1 heterocycles. The number of hydrogen-bond donors (Lipinski definition) is 2. The largest absolute Gasteiger partial charge is 0.352 e. The Morgan fingerprint density at radius 1 is 1.36 bits per heavy atom. The van der Waals surface area contributed by atoms with E-state index in [9.17, 15) is 4.79 Å². The Balaban J connectivity index is 1.73. The van der Waals surface area contributed by atoms with Gasteiger partial charge < -0.3 is 11.1 Å². The second kappa shape index (κ2) is 8.65. The Kier molecular flexibility index (Phi) is 6.86. The fourth-order valence-electron chi connectivity index (χ4n) is 2.83. The fourth-order valence-corrected chi connectivity index (χ4v) is 3.10. The fraction of sp³-hybridized carbons (Fsp3) is 0.588. The Bertz CT molecular complexity index is 469. The number of halogens is 1. The number of carbonyl (C=O) groups excluding carboxylic acids is 1. The lowest BCUT2D eigenvalue weighted by Crippen LogP contribution is -2.49. The minimum Gasteiger partial charge on any atom is -0.352 e. The van der Waals surface area contributed by atoms with Gasteiger partial charge in [0.15, 0.2) is 0 Å². The molecule has 122 valence electrons. The molecule has 1 fully saturated rings. The van der Waals surface area contributed by atoms with Crippen LogP contribution in [0.25, 0.3) is 0 Å². The van der Waals surface area contributed by atoms with Crippen molar-refractivity contribution in [2.24, 2.45) is 5.73 Å². The highest BCUT2D eigenvalue weighted by atomic mass is 79.9. The quantitative estimate of drug-likeness (QED) is 0.812. The summed E-state index contributed by atoms with van der Waals surface area (Å²) in [5.41, 5.74) is 7.19. The molecule has 0 bridgehead atoms. The molecule has 5 heteroatoms. The van der Waals surface area contributed by atoms with E-state index in [0.29, 0.717) is 0 Å². The van der Waals surface area contributed by atoms with Gasteiger partial charge in [0.2, 0.25) is 5.91 Å². The van der Waals surface area contributed by atoms with Crippen molar-refractivity contribution < 1.29 is 4.79 Å². The predicted molar refractivity (Wildman–Crippen MR) is 93.5 cm³/mol. The van der Waals surface area contributed by atoms with Crippen molar-refractivity contribution in [1.82, 2.24) is 10.2 Å². The average molecular weight is 368 g/mol. The zero-order valence-electron chi connectivity index (χ0n) is 13.2. The van der Waals surface area contributed by atoms with Crippen LogP contribution in [-0.4, -0.2) is 36.0 Å². The number of piperidine rings is 1. The highest BCUT2D eigenvalue weighted by Crippen LogP contribution is 2.16. The monoisotopic (exact) mass is 367 g/mol. The molecular formula is C17H26BrN3O. The normalized spacial score (nSPS) is 18.1. The third-order valence-corrected chi connectivity index (χ3v) is 4.72. The molecule has 1 aliphatic rings. The zero-order chi connectivity index (χ0) is 15.9. The highest BCUT2D eigenvalue weighted by Gasteiger charge is 2.22. The summed E-state index contributed by atoms with van der Waals surface area (Å²) < 4.78 is 1.11. The van der Waals surface area contributed by atoms with Crippen LogP contribution in [0.5, 0.6) is 0 Å². The maximum Gasteiger partial charge on any atom is 0.237 e. The Hall–Kier alpha value is -0.910. The number of likely N-dealkylation sites (tertiary alicyclic amines) is 1. The number of carbonyl (C=O) groups is 1. The summed E-state index contributed by atoms with van der Waals surface area (Å²) in [7, 11) is 0. The molecule has 1 aromatic carbocycles. The smallest absolute Gasteiger partial charge is 0.237 e. The Morgan fingerprint density at radius 3 is 2.59 bits per heavy atom. The molecule has 1 aromatic rings. The molecule has 1 saturated heterocycles. The molecule has 0 aromatic heterocycles. The van der Waals surface area contributed by atoms with Crippen molar-refractivity contribution in [1.29, 1.82) is 0 Å². The van der Waals surface area contributed by atoms with Crippen molar-refractivity contribution in [2.75, 3.05) is 13.1 Å². The second-order valence-corrected chi connectivity index (χ2v) is 7.00. The molecule has 4 nitrogen and oxygen atoms in total. The van der Waals surface area contributed by atoms with Crippen LogP contribution in [0.2, 0.25) is 0 Å². The topological polar surface area (TPSA) is 58.4 Å². The van der Waals surface area contributed by atoms with Gasteiger partial charge >= 0.3 is 0 Å². The van der Waals surface area contributed by atoms with E-state index in [-0.39, 0.29) is 18.0 Å². The number of benzene rings is 1. The first kappa shape index (κ1) is 17.4. The van der Waals surface area contributed by atoms with E-state index in [0.717, 1.165) is 49.8 Å². The number of amides is 1. The number of rotatable bonds is 6. The molecule has 0 spiro atoms. The van der Waals surface area contributed by atoms with Gasteiger partial charge in [-0.1, -0.05) is 41.4 Å². The maximum atomic E-state index is 12.0. The van der Waals surface area contributed by atoms with E-state index in [1.54, 1.807) is 0 Å². The van der Waals surface area contributed by atoms with Crippen LogP contribution in [0.4, 0.5) is 0 Å². The van der Waals surface area contributed by atoms with Crippen LogP contribution in [0, 0.1) is 0 Å². The van der Waals surface area contributed by atoms with E-state index < -0.39 is 0 Å². The number of nitrogens with one attached hydrogen (secondary N) is 1. The molecule has 3 N–H and O–H groups in total. The molecule has 1 atom stereocenters. The third-order valence-electron chi connectivity index (χ3n) is 4.19. The number of nitrogens with two attached hydrogens (primary N) is 1. The molecule has 22 heavy (non-hydrogen) atoms. The lowest BCUT2D eigenvalue weighted by Gasteiger charge is -2.32. The lowest BCUT2D eigenvalue weighted by atomic mass is 10.0. The van der Waals surface area contributed by atoms with Gasteiger partial charge in [0, 0.05) is 30.1 Å². The number of hydrogen-bond acceptors (Lipinski definition) is 3. The first-order valence-electron chi connectivity index (χ1n) is 8.11. The minimum absolute atomic E-state index is 0.00760. The molecule has 1 unspecified atom stereocenters. The van der Waals surface area contributed by atoms with E-state index in [1.807, 2.05) is 6.92 Å².